The molecule has 1 unspecified atom stereocenters. The molecule has 1 amide bonds. The summed E-state index contributed by atoms with van der Waals surface area (Å²) >= 11 is 6.51. The molecule has 9 nitrogen and oxygen atoms in total. The maximum absolute atomic E-state index is 16.0. The topological polar surface area (TPSA) is 109 Å². The lowest BCUT2D eigenvalue weighted by molar-refractivity contribution is 0.100. The molecule has 0 radical (unpaired) electrons. The fourth-order valence-electron chi connectivity index (χ4n) is 13.2. The highest BCUT2D eigenvalue weighted by molar-refractivity contribution is 6.34. The van der Waals surface area contributed by atoms with Gasteiger partial charge in [-0.2, -0.15) is 5.10 Å². The number of piperidine rings is 2. The summed E-state index contributed by atoms with van der Waals surface area (Å²) in [5.74, 6) is -0.515. The van der Waals surface area contributed by atoms with E-state index in [1.807, 2.05) is 56.1 Å². The van der Waals surface area contributed by atoms with Crippen LogP contribution in [-0.2, 0) is 25.3 Å². The molecule has 0 spiro atoms. The Morgan fingerprint density at radius 3 is 2.29 bits per heavy atom. The lowest BCUT2D eigenvalue weighted by Crippen LogP contribution is -2.42. The van der Waals surface area contributed by atoms with Gasteiger partial charge in [0.2, 0.25) is 5.91 Å². The van der Waals surface area contributed by atoms with Crippen LogP contribution in [0.3, 0.4) is 0 Å². The standard InChI is InChI=1S/C35H52F2N6.C27H27ClF2N2O/c1-7-38-25(3)11-16-40(5)35-30-22-31(36)32(33(37)34(30)41(6)39-35)28-14-17-42(18-15-28)23-27-12-19-43(20-13-27)26(4)29-10-8-9-24(2)21-29;1-3-7-16-10-11-19(26(32)33)22(25(16)30)23-21-15(2)27(14-31,18-8-5-4-6-9-18)13-17(21)12-20(29)24(23)28/h7,22,24,27-29,38H,1,3-4,8-21,23H2,2,5-6H3;4-6,8-12,15H,3,7,13-14,31H2,1-2H3,(H2,32,33)/t24-,29?;15-,27+/m10/s1. The molecule has 4 aromatic carbocycles. The number of halogens is 5. The maximum atomic E-state index is 16.0. The molecule has 3 fully saturated rings. The molecular formula is C62H79ClF4N8O. The monoisotopic (exact) mass is 1060 g/mol. The number of anilines is 1. The zero-order valence-corrected chi connectivity index (χ0v) is 46.2. The molecule has 0 bridgehead atoms. The lowest BCUT2D eigenvalue weighted by atomic mass is 9.71. The number of carbonyl (C=O) groups is 1. The first kappa shape index (κ1) is 56.6. The summed E-state index contributed by atoms with van der Waals surface area (Å²) in [6, 6.07) is 15.8. The molecular weight excluding hydrogens is 984 g/mol. The van der Waals surface area contributed by atoms with Crippen molar-refractivity contribution in [1.29, 1.82) is 0 Å². The molecule has 4 aliphatic rings. The minimum Gasteiger partial charge on any atom is -0.375 e. The normalized spacial score (nSPS) is 21.2. The summed E-state index contributed by atoms with van der Waals surface area (Å²) in [6.07, 6.45) is 13.2. The third-order valence-corrected chi connectivity index (χ3v) is 17.8. The van der Waals surface area contributed by atoms with Gasteiger partial charge in [-0.3, -0.25) is 9.48 Å². The molecule has 14 heteroatoms. The zero-order chi connectivity index (χ0) is 54.6. The molecule has 2 aliphatic heterocycles. The number of aryl methyl sites for hydroxylation is 2. The van der Waals surface area contributed by atoms with E-state index in [0.29, 0.717) is 84.0 Å². The number of carbonyl (C=O) groups excluding carboxylic acids is 1. The highest BCUT2D eigenvalue weighted by Crippen LogP contribution is 2.54. The van der Waals surface area contributed by atoms with Crippen LogP contribution in [0.15, 0.2) is 91.9 Å². The Bertz CT molecular complexity index is 2930. The van der Waals surface area contributed by atoms with Crippen LogP contribution in [-0.4, -0.2) is 78.3 Å². The third kappa shape index (κ3) is 11.5. The van der Waals surface area contributed by atoms with E-state index in [1.54, 1.807) is 24.0 Å². The summed E-state index contributed by atoms with van der Waals surface area (Å²) in [5, 5.41) is 7.86. The second kappa shape index (κ2) is 24.4. The molecule has 1 saturated carbocycles. The van der Waals surface area contributed by atoms with Gasteiger partial charge in [0, 0.05) is 92.3 Å². The van der Waals surface area contributed by atoms with Crippen LogP contribution in [0.25, 0.3) is 22.0 Å². The van der Waals surface area contributed by atoms with E-state index in [0.717, 1.165) is 62.7 Å². The van der Waals surface area contributed by atoms with Crippen molar-refractivity contribution >= 4 is 34.2 Å². The predicted octanol–water partition coefficient (Wildman–Crippen LogP) is 13.0. The number of hydrogen-bond acceptors (Lipinski definition) is 7. The van der Waals surface area contributed by atoms with Gasteiger partial charge in [-0.1, -0.05) is 108 Å². The summed E-state index contributed by atoms with van der Waals surface area (Å²) in [7, 11) is 3.63. The number of nitrogens with zero attached hydrogens (tertiary/aromatic N) is 5. The molecule has 3 heterocycles. The van der Waals surface area contributed by atoms with E-state index in [2.05, 4.69) is 46.9 Å². The number of aromatic nitrogens is 2. The van der Waals surface area contributed by atoms with Crippen molar-refractivity contribution in [2.45, 2.75) is 115 Å². The summed E-state index contributed by atoms with van der Waals surface area (Å²) < 4.78 is 64.1. The summed E-state index contributed by atoms with van der Waals surface area (Å²) in [6.45, 7) is 24.5. The van der Waals surface area contributed by atoms with Gasteiger partial charge in [-0.05, 0) is 141 Å². The second-order valence-electron chi connectivity index (χ2n) is 22.3. The highest BCUT2D eigenvalue weighted by Gasteiger charge is 2.47. The number of rotatable bonds is 17. The predicted molar refractivity (Wildman–Crippen MR) is 303 cm³/mol. The van der Waals surface area contributed by atoms with Gasteiger partial charge >= 0.3 is 0 Å². The summed E-state index contributed by atoms with van der Waals surface area (Å²) in [4.78, 5) is 19.3. The van der Waals surface area contributed by atoms with Crippen LogP contribution in [0.4, 0.5) is 23.4 Å². The first-order chi connectivity index (χ1) is 36.4. The van der Waals surface area contributed by atoms with Crippen LogP contribution in [0.2, 0.25) is 5.02 Å². The molecule has 2 aliphatic carbocycles. The largest absolute Gasteiger partial charge is 0.375 e. The van der Waals surface area contributed by atoms with Gasteiger partial charge in [0.05, 0.1) is 10.4 Å². The summed E-state index contributed by atoms with van der Waals surface area (Å²) in [5.41, 5.74) is 17.3. The minimum atomic E-state index is -0.792. The molecule has 2 saturated heterocycles. The van der Waals surface area contributed by atoms with Gasteiger partial charge in [-0.25, -0.2) is 17.6 Å². The maximum Gasteiger partial charge on any atom is 0.249 e. The van der Waals surface area contributed by atoms with Crippen molar-refractivity contribution in [3.8, 4) is 11.1 Å². The number of hydrogen-bond donors (Lipinski definition) is 3. The number of allylic oxidation sites excluding steroid dienone is 1. The Hall–Kier alpha value is -5.63. The van der Waals surface area contributed by atoms with Crippen molar-refractivity contribution in [2.24, 2.45) is 36.3 Å². The highest BCUT2D eigenvalue weighted by atomic mass is 35.5. The van der Waals surface area contributed by atoms with Crippen LogP contribution in [0, 0.1) is 41.0 Å². The molecule has 76 heavy (non-hydrogen) atoms. The Balaban J connectivity index is 0.000000209. The number of benzene rings is 4. The number of likely N-dealkylation sites (tertiary alicyclic amines) is 2. The van der Waals surface area contributed by atoms with Crippen molar-refractivity contribution in [2.75, 3.05) is 57.8 Å². The molecule has 9 rings (SSSR count). The van der Waals surface area contributed by atoms with Crippen LogP contribution < -0.4 is 21.7 Å². The Kier molecular flexibility index (Phi) is 18.1. The van der Waals surface area contributed by atoms with E-state index < -0.39 is 34.6 Å². The van der Waals surface area contributed by atoms with E-state index in [9.17, 15) is 4.79 Å². The van der Waals surface area contributed by atoms with Gasteiger partial charge in [0.1, 0.15) is 23.0 Å². The first-order valence-corrected chi connectivity index (χ1v) is 27.9. The van der Waals surface area contributed by atoms with Gasteiger partial charge in [0.15, 0.2) is 11.6 Å². The average molecular weight is 1060 g/mol. The number of amides is 1. The van der Waals surface area contributed by atoms with Crippen molar-refractivity contribution < 1.29 is 22.4 Å². The van der Waals surface area contributed by atoms with Crippen molar-refractivity contribution in [3.63, 3.8) is 0 Å². The fourth-order valence-corrected chi connectivity index (χ4v) is 13.4. The SMILES string of the molecule is C=CNC(=C)CCN(C)c1nn(C)c2c(F)c(C3CCN(CC4CCN(C(=C)C5CCC[C@@H](C)C5)CC4)CC3)c(F)cc12.CCCc1ccc(C(N)=O)c(-c2c(Cl)c(F)cc3c2[C@H](C)[C@@](CN)(c2ccccc2)C3)c1F. The zero-order valence-electron chi connectivity index (χ0n) is 45.4. The first-order valence-electron chi connectivity index (χ1n) is 27.6. The Labute approximate surface area is 453 Å². The minimum absolute atomic E-state index is 0.0146. The molecule has 1 aromatic heterocycles. The third-order valence-electron chi connectivity index (χ3n) is 17.5. The smallest absolute Gasteiger partial charge is 0.249 e. The number of nitrogens with one attached hydrogen (secondary N) is 1. The van der Waals surface area contributed by atoms with Crippen LogP contribution in [0.1, 0.15) is 135 Å². The number of nitrogens with two attached hydrogens (primary N) is 2. The molecule has 408 valence electrons. The molecule has 5 N–H and O–H groups in total. The van der Waals surface area contributed by atoms with E-state index in [1.165, 1.54) is 62.4 Å². The lowest BCUT2D eigenvalue weighted by Gasteiger charge is -2.41. The van der Waals surface area contributed by atoms with E-state index in [-0.39, 0.29) is 39.1 Å². The van der Waals surface area contributed by atoms with Crippen LogP contribution >= 0.6 is 11.6 Å². The molecule has 5 aromatic rings. The van der Waals surface area contributed by atoms with Crippen molar-refractivity contribution in [1.82, 2.24) is 24.9 Å². The van der Waals surface area contributed by atoms with E-state index >= 15 is 17.6 Å². The van der Waals surface area contributed by atoms with Gasteiger partial charge < -0.3 is 31.5 Å². The average Bonchev–Trinajstić information content (AvgIpc) is 3.91. The van der Waals surface area contributed by atoms with E-state index in [4.69, 9.17) is 23.1 Å². The quantitative estimate of drug-likeness (QED) is 0.0796. The second-order valence-corrected chi connectivity index (χ2v) is 22.7. The Morgan fingerprint density at radius 2 is 1.64 bits per heavy atom. The Morgan fingerprint density at radius 1 is 0.934 bits per heavy atom. The number of fused-ring (bicyclic) bond motifs is 2. The van der Waals surface area contributed by atoms with Crippen LogP contribution in [0.5, 0.6) is 0 Å². The van der Waals surface area contributed by atoms with Crippen molar-refractivity contribution in [3.05, 3.63) is 154 Å². The number of primary amides is 1. The fraction of sp³-hybridized carbons (Fsp3) is 0.484. The molecule has 4 atom stereocenters. The van der Waals surface area contributed by atoms with Gasteiger partial charge in [0.25, 0.3) is 0 Å². The van der Waals surface area contributed by atoms with Gasteiger partial charge in [-0.15, -0.1) is 0 Å².